The highest BCUT2D eigenvalue weighted by atomic mass is 79.9. The van der Waals surface area contributed by atoms with Crippen LogP contribution < -0.4 is 0 Å². The smallest absolute Gasteiger partial charge is 0.160 e. The van der Waals surface area contributed by atoms with Crippen molar-refractivity contribution in [3.05, 3.63) is 0 Å². The lowest BCUT2D eigenvalue weighted by atomic mass is 10.4. The highest BCUT2D eigenvalue weighted by Crippen LogP contribution is 2.17. The predicted molar refractivity (Wildman–Crippen MR) is 62.3 cm³/mol. The molecule has 0 saturated carbocycles. The molecule has 0 spiro atoms. The molecule has 0 fully saturated rings. The lowest BCUT2D eigenvalue weighted by Gasteiger charge is -2.22. The van der Waals surface area contributed by atoms with E-state index in [-0.39, 0.29) is 16.3 Å². The molecule has 0 heterocycles. The molecule has 80 valence electrons. The quantitative estimate of drug-likeness (QED) is 0.521. The minimum atomic E-state index is -0.117. The number of hydrogen-bond donors (Lipinski definition) is 0. The zero-order valence-electron chi connectivity index (χ0n) is 8.43. The van der Waals surface area contributed by atoms with Crippen LogP contribution in [0.2, 0.25) is 0 Å². The zero-order valence-corrected chi connectivity index (χ0v) is 11.6. The van der Waals surface area contributed by atoms with Crippen LogP contribution in [0.5, 0.6) is 0 Å². The number of hydrogen-bond acceptors (Lipinski definition) is 2. The molecule has 2 atom stereocenters. The largest absolute Gasteiger partial charge is 0.338 e. The minimum absolute atomic E-state index is 0.0917. The van der Waals surface area contributed by atoms with Gasteiger partial charge in [0.1, 0.15) is 10.0 Å². The van der Waals surface area contributed by atoms with E-state index in [1.807, 2.05) is 0 Å². The molecule has 0 N–H and O–H groups in total. The molecule has 0 aromatic rings. The molecule has 13 heavy (non-hydrogen) atoms. The van der Waals surface area contributed by atoms with E-state index in [0.717, 1.165) is 19.3 Å². The van der Waals surface area contributed by atoms with Gasteiger partial charge in [-0.1, -0.05) is 52.6 Å². The minimum Gasteiger partial charge on any atom is -0.338 e. The molecule has 0 amide bonds. The highest BCUT2D eigenvalue weighted by Gasteiger charge is 2.14. The first-order valence-electron chi connectivity index (χ1n) is 4.73. The van der Waals surface area contributed by atoms with Crippen molar-refractivity contribution in [2.45, 2.75) is 56.4 Å². The van der Waals surface area contributed by atoms with E-state index in [1.54, 1.807) is 0 Å². The molecule has 0 radical (unpaired) electrons. The highest BCUT2D eigenvalue weighted by molar-refractivity contribution is 9.09. The van der Waals surface area contributed by atoms with Crippen LogP contribution in [0.3, 0.4) is 0 Å². The fourth-order valence-corrected chi connectivity index (χ4v) is 1.23. The van der Waals surface area contributed by atoms with Crippen LogP contribution in [0.25, 0.3) is 0 Å². The second-order valence-electron chi connectivity index (χ2n) is 2.75. The van der Waals surface area contributed by atoms with Crippen molar-refractivity contribution in [3.8, 4) is 0 Å². The lowest BCUT2D eigenvalue weighted by molar-refractivity contribution is -0.157. The molecule has 0 rings (SSSR count). The lowest BCUT2D eigenvalue weighted by Crippen LogP contribution is -2.23. The molecule has 2 unspecified atom stereocenters. The SMILES string of the molecule is CCC(Br)OC(CC)OC(Br)CC. The molecule has 0 aliphatic rings. The first-order chi connectivity index (χ1) is 6.13. The van der Waals surface area contributed by atoms with Crippen molar-refractivity contribution in [1.82, 2.24) is 0 Å². The Morgan fingerprint density at radius 3 is 1.46 bits per heavy atom. The van der Waals surface area contributed by atoms with E-state index in [0.29, 0.717) is 0 Å². The van der Waals surface area contributed by atoms with Gasteiger partial charge < -0.3 is 9.47 Å². The monoisotopic (exact) mass is 316 g/mol. The summed E-state index contributed by atoms with van der Waals surface area (Å²) in [4.78, 5) is 0. The molecule has 2 nitrogen and oxygen atoms in total. The normalized spacial score (nSPS) is 18.2. The van der Waals surface area contributed by atoms with Crippen LogP contribution >= 0.6 is 31.9 Å². The molecular weight excluding hydrogens is 300 g/mol. The molecule has 0 aromatic heterocycles. The molecule has 0 aliphatic carbocycles. The average molecular weight is 318 g/mol. The maximum atomic E-state index is 5.59. The third-order valence-corrected chi connectivity index (χ3v) is 3.30. The molecular formula is C9H18Br2O2. The van der Waals surface area contributed by atoms with Crippen molar-refractivity contribution in [2.24, 2.45) is 0 Å². The summed E-state index contributed by atoms with van der Waals surface area (Å²) < 4.78 is 11.2. The van der Waals surface area contributed by atoms with Crippen LogP contribution in [0.15, 0.2) is 0 Å². The molecule has 4 heteroatoms. The summed E-state index contributed by atoms with van der Waals surface area (Å²) in [6.45, 7) is 6.19. The molecule has 0 aliphatic heterocycles. The Morgan fingerprint density at radius 1 is 0.846 bits per heavy atom. The summed E-state index contributed by atoms with van der Waals surface area (Å²) in [5.74, 6) is 0. The summed E-state index contributed by atoms with van der Waals surface area (Å²) in [5, 5.41) is 0.183. The Balaban J connectivity index is 3.74. The van der Waals surface area contributed by atoms with Gasteiger partial charge in [0, 0.05) is 0 Å². The topological polar surface area (TPSA) is 18.5 Å². The van der Waals surface area contributed by atoms with Gasteiger partial charge in [0.25, 0.3) is 0 Å². The van der Waals surface area contributed by atoms with Gasteiger partial charge in [-0.25, -0.2) is 0 Å². The van der Waals surface area contributed by atoms with E-state index < -0.39 is 0 Å². The van der Waals surface area contributed by atoms with Crippen molar-refractivity contribution >= 4 is 31.9 Å². The Hall–Kier alpha value is 0.880. The third-order valence-electron chi connectivity index (χ3n) is 1.57. The Morgan fingerprint density at radius 2 is 1.23 bits per heavy atom. The number of halogens is 2. The summed E-state index contributed by atoms with van der Waals surface area (Å²) in [7, 11) is 0. The Bertz CT molecular complexity index is 110. The van der Waals surface area contributed by atoms with Crippen molar-refractivity contribution in [3.63, 3.8) is 0 Å². The van der Waals surface area contributed by atoms with E-state index in [2.05, 4.69) is 52.6 Å². The first kappa shape index (κ1) is 13.9. The number of ether oxygens (including phenoxy) is 2. The fourth-order valence-electron chi connectivity index (χ4n) is 0.746. The van der Waals surface area contributed by atoms with E-state index in [1.165, 1.54) is 0 Å². The maximum absolute atomic E-state index is 5.59. The van der Waals surface area contributed by atoms with Crippen LogP contribution in [0, 0.1) is 0 Å². The van der Waals surface area contributed by atoms with Gasteiger partial charge in [-0.05, 0) is 19.3 Å². The van der Waals surface area contributed by atoms with Gasteiger partial charge in [-0.2, -0.15) is 0 Å². The standard InChI is InChI=1S/C9H18Br2O2/c1-4-7(10)12-9(6-3)13-8(11)5-2/h7-9H,4-6H2,1-3H3. The van der Waals surface area contributed by atoms with Crippen molar-refractivity contribution in [1.29, 1.82) is 0 Å². The van der Waals surface area contributed by atoms with Crippen LogP contribution in [0.1, 0.15) is 40.0 Å². The van der Waals surface area contributed by atoms with Crippen LogP contribution in [0.4, 0.5) is 0 Å². The van der Waals surface area contributed by atoms with Crippen LogP contribution in [-0.2, 0) is 9.47 Å². The van der Waals surface area contributed by atoms with Crippen molar-refractivity contribution in [2.75, 3.05) is 0 Å². The van der Waals surface area contributed by atoms with E-state index in [9.17, 15) is 0 Å². The van der Waals surface area contributed by atoms with Gasteiger partial charge in [0.15, 0.2) is 6.29 Å². The Kier molecular flexibility index (Phi) is 8.77. The van der Waals surface area contributed by atoms with Gasteiger partial charge >= 0.3 is 0 Å². The summed E-state index contributed by atoms with van der Waals surface area (Å²) >= 11 is 6.83. The van der Waals surface area contributed by atoms with E-state index >= 15 is 0 Å². The third kappa shape index (κ3) is 6.89. The predicted octanol–water partition coefficient (Wildman–Crippen LogP) is 4.02. The fraction of sp³-hybridized carbons (Fsp3) is 1.00. The molecule has 0 saturated heterocycles. The van der Waals surface area contributed by atoms with E-state index in [4.69, 9.17) is 9.47 Å². The summed E-state index contributed by atoms with van der Waals surface area (Å²) in [6.07, 6.45) is 2.64. The maximum Gasteiger partial charge on any atom is 0.160 e. The Labute approximate surface area is 97.6 Å². The van der Waals surface area contributed by atoms with Gasteiger partial charge in [-0.15, -0.1) is 0 Å². The second kappa shape index (κ2) is 8.21. The van der Waals surface area contributed by atoms with Crippen LogP contribution in [-0.4, -0.2) is 16.3 Å². The summed E-state index contributed by atoms with van der Waals surface area (Å²) in [5.41, 5.74) is 0. The van der Waals surface area contributed by atoms with Crippen molar-refractivity contribution < 1.29 is 9.47 Å². The average Bonchev–Trinajstić information content (AvgIpc) is 2.16. The second-order valence-corrected chi connectivity index (χ2v) is 4.79. The molecule has 0 aromatic carbocycles. The number of alkyl halides is 2. The zero-order chi connectivity index (χ0) is 10.3. The first-order valence-corrected chi connectivity index (χ1v) is 6.56. The van der Waals surface area contributed by atoms with Gasteiger partial charge in [-0.3, -0.25) is 0 Å². The molecule has 0 bridgehead atoms. The summed E-state index contributed by atoms with van der Waals surface area (Å²) in [6, 6.07) is 0. The number of rotatable bonds is 7. The van der Waals surface area contributed by atoms with Gasteiger partial charge in [0.2, 0.25) is 0 Å². The van der Waals surface area contributed by atoms with Gasteiger partial charge in [0.05, 0.1) is 0 Å².